The van der Waals surface area contributed by atoms with Crippen LogP contribution in [-0.4, -0.2) is 28.1 Å². The molecule has 0 fully saturated rings. The second kappa shape index (κ2) is 10.4. The molecule has 0 aliphatic heterocycles. The molecule has 3 heteroatoms. The molecule has 1 aromatic heterocycles. The monoisotopic (exact) mass is 342 g/mol. The summed E-state index contributed by atoms with van der Waals surface area (Å²) >= 11 is 0. The van der Waals surface area contributed by atoms with E-state index in [9.17, 15) is 5.11 Å². The smallest absolute Gasteiger partial charge is 0.146 e. The lowest BCUT2D eigenvalue weighted by atomic mass is 9.96. The van der Waals surface area contributed by atoms with Gasteiger partial charge in [-0.1, -0.05) is 77.5 Å². The maximum Gasteiger partial charge on any atom is 0.146 e. The highest BCUT2D eigenvalue weighted by atomic mass is 16.3. The van der Waals surface area contributed by atoms with Crippen LogP contribution in [0.5, 0.6) is 5.75 Å². The molecule has 1 aromatic carbocycles. The summed E-state index contributed by atoms with van der Waals surface area (Å²) in [7, 11) is 0. The first-order valence-corrected chi connectivity index (χ1v) is 10.0. The van der Waals surface area contributed by atoms with Gasteiger partial charge in [0.2, 0.25) is 0 Å². The van der Waals surface area contributed by atoms with Gasteiger partial charge in [-0.05, 0) is 25.6 Å². The van der Waals surface area contributed by atoms with Crippen LogP contribution >= 0.6 is 0 Å². The van der Waals surface area contributed by atoms with Gasteiger partial charge in [-0.25, -0.2) is 0 Å². The lowest BCUT2D eigenvalue weighted by molar-refractivity contribution is 0.200. The summed E-state index contributed by atoms with van der Waals surface area (Å²) in [6, 6.07) is 8.38. The fraction of sp³-hybridized carbons (Fsp3) is 0.591. The molecule has 138 valence electrons. The standard InChI is InChI=1S/C22H34N2O/c1-4-7-8-9-10-11-14-20(24(5-2)6-3)19-16-15-18-13-12-17-23-21(18)22(19)25/h12-13,15-17,20,25H,4-11,14H2,1-3H3. The predicted octanol–water partition coefficient (Wildman–Crippen LogP) is 6.07. The molecule has 2 rings (SSSR count). The number of aromatic nitrogens is 1. The van der Waals surface area contributed by atoms with Gasteiger partial charge in [-0.3, -0.25) is 9.88 Å². The summed E-state index contributed by atoms with van der Waals surface area (Å²) < 4.78 is 0. The Morgan fingerprint density at radius 1 is 0.960 bits per heavy atom. The Hall–Kier alpha value is -1.61. The summed E-state index contributed by atoms with van der Waals surface area (Å²) in [5, 5.41) is 11.8. The molecule has 0 radical (unpaired) electrons. The van der Waals surface area contributed by atoms with E-state index in [0.29, 0.717) is 5.75 Å². The zero-order chi connectivity index (χ0) is 18.1. The van der Waals surface area contributed by atoms with E-state index < -0.39 is 0 Å². The van der Waals surface area contributed by atoms with Crippen LogP contribution in [0.15, 0.2) is 30.5 Å². The van der Waals surface area contributed by atoms with E-state index in [1.807, 2.05) is 12.1 Å². The van der Waals surface area contributed by atoms with Crippen molar-refractivity contribution in [3.63, 3.8) is 0 Å². The first kappa shape index (κ1) is 19.7. The zero-order valence-electron chi connectivity index (χ0n) is 16.2. The number of phenols is 1. The van der Waals surface area contributed by atoms with Crippen LogP contribution < -0.4 is 0 Å². The van der Waals surface area contributed by atoms with E-state index in [4.69, 9.17) is 0 Å². The molecule has 0 aliphatic carbocycles. The number of rotatable bonds is 11. The summed E-state index contributed by atoms with van der Waals surface area (Å²) in [6.07, 6.45) is 10.7. The molecular formula is C22H34N2O. The Morgan fingerprint density at radius 2 is 1.68 bits per heavy atom. The van der Waals surface area contributed by atoms with Crippen LogP contribution in [0, 0.1) is 0 Å². The van der Waals surface area contributed by atoms with E-state index in [2.05, 4.69) is 42.8 Å². The molecule has 25 heavy (non-hydrogen) atoms. The SMILES string of the molecule is CCCCCCCCC(c1ccc2cccnc2c1O)N(CC)CC. The van der Waals surface area contributed by atoms with Gasteiger partial charge in [0, 0.05) is 23.2 Å². The molecule has 2 aromatic rings. The largest absolute Gasteiger partial charge is 0.505 e. The van der Waals surface area contributed by atoms with Crippen LogP contribution in [0.2, 0.25) is 0 Å². The highest BCUT2D eigenvalue weighted by Gasteiger charge is 2.22. The van der Waals surface area contributed by atoms with E-state index in [1.54, 1.807) is 6.20 Å². The lowest BCUT2D eigenvalue weighted by Gasteiger charge is -2.31. The minimum Gasteiger partial charge on any atom is -0.505 e. The molecule has 0 amide bonds. The highest BCUT2D eigenvalue weighted by Crippen LogP contribution is 2.36. The molecular weight excluding hydrogens is 308 g/mol. The molecule has 1 unspecified atom stereocenters. The average molecular weight is 343 g/mol. The number of pyridine rings is 1. The number of benzene rings is 1. The quantitative estimate of drug-likeness (QED) is 0.503. The molecule has 0 saturated heterocycles. The molecule has 1 atom stereocenters. The van der Waals surface area contributed by atoms with Crippen molar-refractivity contribution in [2.75, 3.05) is 13.1 Å². The Labute approximate surface area is 153 Å². The number of aromatic hydroxyl groups is 1. The van der Waals surface area contributed by atoms with E-state index in [-0.39, 0.29) is 6.04 Å². The van der Waals surface area contributed by atoms with Crippen LogP contribution in [0.4, 0.5) is 0 Å². The Bertz CT molecular complexity index is 637. The van der Waals surface area contributed by atoms with Crippen molar-refractivity contribution in [2.24, 2.45) is 0 Å². The summed E-state index contributed by atoms with van der Waals surface area (Å²) in [5.74, 6) is 0.362. The molecule has 1 N–H and O–H groups in total. The van der Waals surface area contributed by atoms with E-state index >= 15 is 0 Å². The normalized spacial score (nSPS) is 12.8. The van der Waals surface area contributed by atoms with Gasteiger partial charge < -0.3 is 5.11 Å². The molecule has 3 nitrogen and oxygen atoms in total. The molecule has 0 spiro atoms. The van der Waals surface area contributed by atoms with Crippen LogP contribution in [-0.2, 0) is 0 Å². The third kappa shape index (κ3) is 5.18. The number of nitrogens with zero attached hydrogens (tertiary/aromatic N) is 2. The molecule has 0 bridgehead atoms. The number of hydrogen-bond donors (Lipinski definition) is 1. The van der Waals surface area contributed by atoms with Gasteiger partial charge >= 0.3 is 0 Å². The molecule has 1 heterocycles. The van der Waals surface area contributed by atoms with Gasteiger partial charge in [-0.2, -0.15) is 0 Å². The number of fused-ring (bicyclic) bond motifs is 1. The van der Waals surface area contributed by atoms with Crippen LogP contribution in [0.1, 0.15) is 77.3 Å². The highest BCUT2D eigenvalue weighted by molar-refractivity contribution is 5.85. The average Bonchev–Trinajstić information content (AvgIpc) is 2.65. The second-order valence-electron chi connectivity index (χ2n) is 6.87. The number of unbranched alkanes of at least 4 members (excludes halogenated alkanes) is 5. The van der Waals surface area contributed by atoms with Crippen molar-refractivity contribution in [3.05, 3.63) is 36.0 Å². The van der Waals surface area contributed by atoms with Gasteiger partial charge in [0.05, 0.1) is 0 Å². The van der Waals surface area contributed by atoms with Crippen molar-refractivity contribution in [3.8, 4) is 5.75 Å². The lowest BCUT2D eigenvalue weighted by Crippen LogP contribution is -2.28. The summed E-state index contributed by atoms with van der Waals surface area (Å²) in [6.45, 7) is 8.66. The molecule has 0 saturated carbocycles. The fourth-order valence-electron chi connectivity index (χ4n) is 3.73. The minimum absolute atomic E-state index is 0.271. The van der Waals surface area contributed by atoms with Gasteiger partial charge in [-0.15, -0.1) is 0 Å². The van der Waals surface area contributed by atoms with Crippen LogP contribution in [0.3, 0.4) is 0 Å². The molecule has 0 aliphatic rings. The van der Waals surface area contributed by atoms with Crippen LogP contribution in [0.25, 0.3) is 10.9 Å². The van der Waals surface area contributed by atoms with E-state index in [1.165, 1.54) is 38.5 Å². The van der Waals surface area contributed by atoms with Crippen molar-refractivity contribution in [1.82, 2.24) is 9.88 Å². The number of hydrogen-bond acceptors (Lipinski definition) is 3. The van der Waals surface area contributed by atoms with Gasteiger partial charge in [0.15, 0.2) is 0 Å². The fourth-order valence-corrected chi connectivity index (χ4v) is 3.73. The summed E-state index contributed by atoms with van der Waals surface area (Å²) in [4.78, 5) is 6.85. The van der Waals surface area contributed by atoms with Gasteiger partial charge in [0.25, 0.3) is 0 Å². The summed E-state index contributed by atoms with van der Waals surface area (Å²) in [5.41, 5.74) is 1.75. The Morgan fingerprint density at radius 3 is 2.40 bits per heavy atom. The Balaban J connectivity index is 2.16. The number of phenolic OH excluding ortho intramolecular Hbond substituents is 1. The van der Waals surface area contributed by atoms with Crippen molar-refractivity contribution in [1.29, 1.82) is 0 Å². The maximum atomic E-state index is 10.8. The van der Waals surface area contributed by atoms with E-state index in [0.717, 1.165) is 36.0 Å². The topological polar surface area (TPSA) is 36.4 Å². The first-order valence-electron chi connectivity index (χ1n) is 10.0. The first-order chi connectivity index (χ1) is 12.2. The predicted molar refractivity (Wildman–Crippen MR) is 107 cm³/mol. The zero-order valence-corrected chi connectivity index (χ0v) is 16.2. The third-order valence-corrected chi connectivity index (χ3v) is 5.22. The van der Waals surface area contributed by atoms with Crippen molar-refractivity contribution >= 4 is 10.9 Å². The maximum absolute atomic E-state index is 10.8. The second-order valence-corrected chi connectivity index (χ2v) is 6.87. The van der Waals surface area contributed by atoms with Gasteiger partial charge in [0.1, 0.15) is 11.3 Å². The van der Waals surface area contributed by atoms with Crippen molar-refractivity contribution in [2.45, 2.75) is 71.8 Å². The third-order valence-electron chi connectivity index (χ3n) is 5.22. The van der Waals surface area contributed by atoms with Crippen molar-refractivity contribution < 1.29 is 5.11 Å². The minimum atomic E-state index is 0.271. The Kier molecular flexibility index (Phi) is 8.20.